The number of Topliss-reactive ketones (excluding diaryl/α,β-unsaturated/α-hetero) is 2. The van der Waals surface area contributed by atoms with Gasteiger partial charge in [-0.25, -0.2) is 4.79 Å². The molecule has 0 aliphatic heterocycles. The van der Waals surface area contributed by atoms with Crippen LogP contribution < -0.4 is 14.2 Å². The Labute approximate surface area is 265 Å². The number of aromatic nitrogens is 1. The predicted octanol–water partition coefficient (Wildman–Crippen LogP) is 4.96. The highest BCUT2D eigenvalue weighted by atomic mass is 16.5. The van der Waals surface area contributed by atoms with Gasteiger partial charge in [-0.1, -0.05) is 42.0 Å². The molecule has 11 nitrogen and oxygen atoms in total. The number of carboxylic acid groups (broad SMARTS) is 2. The van der Waals surface area contributed by atoms with Crippen molar-refractivity contribution in [3.8, 4) is 23.0 Å². The van der Waals surface area contributed by atoms with Crippen LogP contribution in [0, 0.1) is 12.3 Å². The predicted molar refractivity (Wildman–Crippen MR) is 168 cm³/mol. The minimum Gasteiger partial charge on any atom is -0.493 e. The Morgan fingerprint density at radius 3 is 1.83 bits per heavy atom. The van der Waals surface area contributed by atoms with Gasteiger partial charge in [-0.15, -0.1) is 0 Å². The second kappa shape index (κ2) is 14.7. The number of hydrogen-bond donors (Lipinski definition) is 3. The molecule has 1 fully saturated rings. The van der Waals surface area contributed by atoms with Gasteiger partial charge >= 0.3 is 11.9 Å². The van der Waals surface area contributed by atoms with E-state index in [9.17, 15) is 19.2 Å². The summed E-state index contributed by atoms with van der Waals surface area (Å²) < 4.78 is 16.9. The molecular weight excluding hydrogens is 594 g/mol. The number of ketones is 2. The van der Waals surface area contributed by atoms with Gasteiger partial charge in [0.15, 0.2) is 29.2 Å². The second-order valence-corrected chi connectivity index (χ2v) is 11.0. The van der Waals surface area contributed by atoms with Crippen molar-refractivity contribution < 1.29 is 48.7 Å². The first kappa shape index (κ1) is 33.6. The van der Waals surface area contributed by atoms with Crippen LogP contribution in [0.4, 0.5) is 0 Å². The van der Waals surface area contributed by atoms with Crippen LogP contribution in [-0.4, -0.2) is 64.1 Å². The van der Waals surface area contributed by atoms with Crippen LogP contribution in [0.3, 0.4) is 0 Å². The molecule has 1 saturated carbocycles. The van der Waals surface area contributed by atoms with Gasteiger partial charge in [0, 0.05) is 30.5 Å². The lowest BCUT2D eigenvalue weighted by atomic mass is 9.88. The number of methoxy groups -OCH3 is 2. The van der Waals surface area contributed by atoms with E-state index in [0.29, 0.717) is 42.3 Å². The topological polar surface area (TPSA) is 170 Å². The first-order valence-electron chi connectivity index (χ1n) is 14.5. The van der Waals surface area contributed by atoms with E-state index in [0.717, 1.165) is 27.6 Å². The quantitative estimate of drug-likeness (QED) is 0.171. The third-order valence-electron chi connectivity index (χ3n) is 7.68. The van der Waals surface area contributed by atoms with Crippen LogP contribution in [0.1, 0.15) is 36.0 Å². The van der Waals surface area contributed by atoms with Crippen LogP contribution in [0.15, 0.2) is 72.9 Å². The fourth-order valence-corrected chi connectivity index (χ4v) is 4.84. The zero-order valence-corrected chi connectivity index (χ0v) is 25.7. The van der Waals surface area contributed by atoms with Gasteiger partial charge in [-0.05, 0) is 55.2 Å². The van der Waals surface area contributed by atoms with Crippen molar-refractivity contribution in [3.63, 3.8) is 0 Å². The zero-order valence-electron chi connectivity index (χ0n) is 25.7. The Bertz CT molecular complexity index is 1730. The standard InChI is InChI=1S/C31H29NO5.C4H6O5/c1-20-4-6-21(7-5-20)16-29(33)31(13-14-31)30(34)17-22-8-10-23(11-9-22)37-26-12-15-32-25-19-28(36-3)27(35-2)18-24(25)26;5-2(4(8)9)1-3(6)7/h4-12,15,18-19H,13-14,16-17H2,1-3H3;2,5H,1H2,(H,6,7)(H,8,9)/t;2-/m.0/s1. The second-order valence-electron chi connectivity index (χ2n) is 11.0. The number of carbonyl (C=O) groups is 4. The fourth-order valence-electron chi connectivity index (χ4n) is 4.84. The third kappa shape index (κ3) is 8.24. The van der Waals surface area contributed by atoms with Crippen molar-refractivity contribution in [1.82, 2.24) is 4.98 Å². The molecule has 1 aliphatic carbocycles. The van der Waals surface area contributed by atoms with Gasteiger partial charge in [0.1, 0.15) is 11.5 Å². The van der Waals surface area contributed by atoms with E-state index in [2.05, 4.69) is 4.98 Å². The Morgan fingerprint density at radius 1 is 0.804 bits per heavy atom. The maximum atomic E-state index is 13.1. The number of aliphatic hydroxyl groups is 1. The largest absolute Gasteiger partial charge is 0.493 e. The maximum Gasteiger partial charge on any atom is 0.333 e. The minimum atomic E-state index is -1.79. The third-order valence-corrected chi connectivity index (χ3v) is 7.68. The SMILES string of the molecule is COc1cc2nccc(Oc3ccc(CC(=O)C4(C(=O)Cc5ccc(C)cc5)CC4)cc3)c2cc1OC.O=C(O)C[C@H](O)C(=O)O. The molecule has 0 amide bonds. The number of nitrogens with zero attached hydrogens (tertiary/aromatic N) is 1. The number of benzene rings is 3. The molecule has 3 aromatic carbocycles. The summed E-state index contributed by atoms with van der Waals surface area (Å²) in [4.78, 5) is 50.0. The molecule has 11 heteroatoms. The van der Waals surface area contributed by atoms with Crippen molar-refractivity contribution in [2.24, 2.45) is 5.41 Å². The molecular formula is C35H35NO10. The van der Waals surface area contributed by atoms with Gasteiger partial charge < -0.3 is 29.5 Å². The molecule has 1 aliphatic rings. The summed E-state index contributed by atoms with van der Waals surface area (Å²) in [6, 6.07) is 20.8. The highest BCUT2D eigenvalue weighted by Gasteiger charge is 2.54. The smallest absolute Gasteiger partial charge is 0.333 e. The van der Waals surface area contributed by atoms with E-state index >= 15 is 0 Å². The van der Waals surface area contributed by atoms with Crippen LogP contribution in [0.5, 0.6) is 23.0 Å². The first-order chi connectivity index (χ1) is 21.9. The molecule has 3 N–H and O–H groups in total. The normalized spacial score (nSPS) is 13.5. The molecule has 4 aromatic rings. The van der Waals surface area contributed by atoms with Crippen molar-refractivity contribution in [3.05, 3.63) is 89.6 Å². The average molecular weight is 630 g/mol. The monoisotopic (exact) mass is 629 g/mol. The molecule has 0 bridgehead atoms. The van der Waals surface area contributed by atoms with Gasteiger partial charge in [0.2, 0.25) is 0 Å². The van der Waals surface area contributed by atoms with Crippen molar-refractivity contribution in [1.29, 1.82) is 0 Å². The van der Waals surface area contributed by atoms with Gasteiger partial charge in [0.05, 0.1) is 31.6 Å². The number of carboxylic acids is 2. The zero-order chi connectivity index (χ0) is 33.4. The average Bonchev–Trinajstić information content (AvgIpc) is 3.85. The molecule has 5 rings (SSSR count). The number of hydrogen-bond acceptors (Lipinski definition) is 9. The number of pyridine rings is 1. The van der Waals surface area contributed by atoms with E-state index in [1.54, 1.807) is 26.5 Å². The summed E-state index contributed by atoms with van der Waals surface area (Å²) in [7, 11) is 3.17. The Kier molecular flexibility index (Phi) is 10.7. The number of aryl methyl sites for hydroxylation is 1. The lowest BCUT2D eigenvalue weighted by Gasteiger charge is -2.14. The van der Waals surface area contributed by atoms with Gasteiger partial charge in [-0.3, -0.25) is 19.4 Å². The summed E-state index contributed by atoms with van der Waals surface area (Å²) in [5.74, 6) is -0.366. The highest BCUT2D eigenvalue weighted by Crippen LogP contribution is 2.49. The van der Waals surface area contributed by atoms with E-state index in [-0.39, 0.29) is 18.0 Å². The fraction of sp³-hybridized carbons (Fsp3) is 0.286. The summed E-state index contributed by atoms with van der Waals surface area (Å²) in [5.41, 5.74) is 2.87. The highest BCUT2D eigenvalue weighted by molar-refractivity contribution is 6.11. The lowest BCUT2D eigenvalue weighted by Crippen LogP contribution is -2.28. The molecule has 0 spiro atoms. The number of carbonyl (C=O) groups excluding carboxylic acids is 2. The number of ether oxygens (including phenoxy) is 3. The van der Waals surface area contributed by atoms with Crippen LogP contribution >= 0.6 is 0 Å². The van der Waals surface area contributed by atoms with E-state index in [1.807, 2.05) is 67.6 Å². The van der Waals surface area contributed by atoms with E-state index in [4.69, 9.17) is 29.5 Å². The molecule has 0 saturated heterocycles. The van der Waals surface area contributed by atoms with E-state index in [1.165, 1.54) is 0 Å². The first-order valence-corrected chi connectivity index (χ1v) is 14.5. The molecule has 1 aromatic heterocycles. The number of aliphatic carboxylic acids is 2. The number of fused-ring (bicyclic) bond motifs is 1. The minimum absolute atomic E-state index is 0.000509. The summed E-state index contributed by atoms with van der Waals surface area (Å²) in [6.45, 7) is 2.02. The number of aliphatic hydroxyl groups excluding tert-OH is 1. The molecule has 1 heterocycles. The molecule has 240 valence electrons. The Balaban J connectivity index is 0.000000468. The van der Waals surface area contributed by atoms with Crippen molar-refractivity contribution >= 4 is 34.4 Å². The number of rotatable bonds is 13. The van der Waals surface area contributed by atoms with Gasteiger partial charge in [0.25, 0.3) is 0 Å². The summed E-state index contributed by atoms with van der Waals surface area (Å²) in [6.07, 6.45) is 0.948. The summed E-state index contributed by atoms with van der Waals surface area (Å²) in [5, 5.41) is 24.9. The maximum absolute atomic E-state index is 13.1. The van der Waals surface area contributed by atoms with Crippen LogP contribution in [-0.2, 0) is 32.0 Å². The lowest BCUT2D eigenvalue weighted by molar-refractivity contribution is -0.152. The van der Waals surface area contributed by atoms with E-state index < -0.39 is 29.9 Å². The molecule has 0 unspecified atom stereocenters. The van der Waals surface area contributed by atoms with Crippen molar-refractivity contribution in [2.75, 3.05) is 14.2 Å². The Morgan fingerprint density at radius 2 is 1.35 bits per heavy atom. The van der Waals surface area contributed by atoms with Crippen LogP contribution in [0.2, 0.25) is 0 Å². The van der Waals surface area contributed by atoms with Crippen LogP contribution in [0.25, 0.3) is 10.9 Å². The molecule has 46 heavy (non-hydrogen) atoms. The summed E-state index contributed by atoms with van der Waals surface area (Å²) >= 11 is 0. The molecule has 1 atom stereocenters. The van der Waals surface area contributed by atoms with Gasteiger partial charge in [-0.2, -0.15) is 0 Å². The van der Waals surface area contributed by atoms with Crippen molar-refractivity contribution in [2.45, 2.75) is 45.1 Å². The molecule has 0 radical (unpaired) electrons. The Hall–Kier alpha value is -5.29.